The van der Waals surface area contributed by atoms with Gasteiger partial charge in [0.1, 0.15) is 0 Å². The van der Waals surface area contributed by atoms with Gasteiger partial charge in [0.25, 0.3) is 0 Å². The van der Waals surface area contributed by atoms with Gasteiger partial charge in [0, 0.05) is 6.54 Å². The molecule has 0 spiro atoms. The summed E-state index contributed by atoms with van der Waals surface area (Å²) in [6, 6.07) is 12.1. The van der Waals surface area contributed by atoms with E-state index in [9.17, 15) is 16.8 Å². The molecule has 0 aliphatic rings. The Morgan fingerprint density at radius 2 is 1.57 bits per heavy atom. The third-order valence-corrected chi connectivity index (χ3v) is 6.73. The van der Waals surface area contributed by atoms with E-state index in [2.05, 4.69) is 4.72 Å². The van der Waals surface area contributed by atoms with Gasteiger partial charge in [-0.2, -0.15) is 0 Å². The van der Waals surface area contributed by atoms with E-state index < -0.39 is 19.9 Å². The van der Waals surface area contributed by atoms with Crippen molar-refractivity contribution in [2.45, 2.75) is 35.0 Å². The number of nitrogens with one attached hydrogen (secondary N) is 1. The molecule has 124 valence electrons. The molecule has 1 N–H and O–H groups in total. The van der Waals surface area contributed by atoms with Crippen LogP contribution in [0.1, 0.15) is 18.9 Å². The van der Waals surface area contributed by atoms with Gasteiger partial charge in [0.15, 0.2) is 0 Å². The number of sulfonamides is 1. The molecule has 0 saturated heterocycles. The van der Waals surface area contributed by atoms with Crippen molar-refractivity contribution in [3.8, 4) is 0 Å². The Hall–Kier alpha value is -1.70. The summed E-state index contributed by atoms with van der Waals surface area (Å²) in [6.45, 7) is 3.79. The Balaban J connectivity index is 2.54. The van der Waals surface area contributed by atoms with E-state index in [1.165, 1.54) is 30.3 Å². The number of rotatable bonds is 6. The number of hydrogen-bond acceptors (Lipinski definition) is 4. The first-order valence-electron chi connectivity index (χ1n) is 7.19. The maximum Gasteiger partial charge on any atom is 0.240 e. The van der Waals surface area contributed by atoms with Crippen LogP contribution in [-0.4, -0.2) is 23.4 Å². The van der Waals surface area contributed by atoms with Gasteiger partial charge in [-0.05, 0) is 43.2 Å². The first-order valence-corrected chi connectivity index (χ1v) is 10.2. The monoisotopic (exact) mass is 353 g/mol. The molecule has 0 radical (unpaired) electrons. The molecular formula is C16H19NO4S2. The van der Waals surface area contributed by atoms with Crippen LogP contribution in [0.2, 0.25) is 0 Å². The minimum absolute atomic E-state index is 0.0112. The third-order valence-electron chi connectivity index (χ3n) is 3.36. The zero-order valence-corrected chi connectivity index (χ0v) is 14.6. The number of benzene rings is 2. The number of hydrogen-bond donors (Lipinski definition) is 1. The highest BCUT2D eigenvalue weighted by atomic mass is 32.2. The van der Waals surface area contributed by atoms with Gasteiger partial charge in [-0.1, -0.05) is 31.2 Å². The van der Waals surface area contributed by atoms with Gasteiger partial charge >= 0.3 is 0 Å². The molecule has 0 aliphatic carbocycles. The summed E-state index contributed by atoms with van der Waals surface area (Å²) in [6.07, 6.45) is 0.653. The van der Waals surface area contributed by atoms with Crippen LogP contribution in [-0.2, 0) is 19.9 Å². The summed E-state index contributed by atoms with van der Waals surface area (Å²) in [5.74, 6) is 0. The molecule has 5 nitrogen and oxygen atoms in total. The molecule has 2 aromatic rings. The van der Waals surface area contributed by atoms with Crippen molar-refractivity contribution in [2.75, 3.05) is 6.54 Å². The topological polar surface area (TPSA) is 80.3 Å². The quantitative estimate of drug-likeness (QED) is 0.865. The normalized spacial score (nSPS) is 12.3. The average Bonchev–Trinajstić information content (AvgIpc) is 2.54. The zero-order valence-electron chi connectivity index (χ0n) is 13.0. The van der Waals surface area contributed by atoms with E-state index >= 15 is 0 Å². The van der Waals surface area contributed by atoms with Crippen molar-refractivity contribution in [2.24, 2.45) is 0 Å². The standard InChI is InChI=1S/C16H19NO4S2/c1-3-11-17-23(20,21)16-12-15(10-9-13(16)2)22(18,19)14-7-5-4-6-8-14/h4-10,12,17H,3,11H2,1-2H3. The Bertz CT molecular complexity index is 889. The van der Waals surface area contributed by atoms with Crippen molar-refractivity contribution >= 4 is 19.9 Å². The van der Waals surface area contributed by atoms with E-state index in [0.29, 0.717) is 18.5 Å². The van der Waals surface area contributed by atoms with Crippen LogP contribution in [0.5, 0.6) is 0 Å². The van der Waals surface area contributed by atoms with Gasteiger partial charge in [0.2, 0.25) is 19.9 Å². The van der Waals surface area contributed by atoms with Crippen LogP contribution in [0.4, 0.5) is 0 Å². The Labute approximate surface area is 137 Å². The van der Waals surface area contributed by atoms with Crippen LogP contribution in [0.3, 0.4) is 0 Å². The minimum atomic E-state index is -3.75. The molecule has 2 aromatic carbocycles. The van der Waals surface area contributed by atoms with Gasteiger partial charge < -0.3 is 0 Å². The number of sulfone groups is 1. The summed E-state index contributed by atoms with van der Waals surface area (Å²) < 4.78 is 52.4. The van der Waals surface area contributed by atoms with E-state index in [1.54, 1.807) is 25.1 Å². The maximum absolute atomic E-state index is 12.6. The van der Waals surface area contributed by atoms with Gasteiger partial charge in [-0.15, -0.1) is 0 Å². The number of aryl methyl sites for hydroxylation is 1. The first-order chi connectivity index (χ1) is 10.8. The van der Waals surface area contributed by atoms with Gasteiger partial charge in [-0.3, -0.25) is 0 Å². The van der Waals surface area contributed by atoms with Crippen molar-refractivity contribution < 1.29 is 16.8 Å². The van der Waals surface area contributed by atoms with Crippen LogP contribution < -0.4 is 4.72 Å². The lowest BCUT2D eigenvalue weighted by Gasteiger charge is -2.11. The molecule has 0 saturated carbocycles. The summed E-state index contributed by atoms with van der Waals surface area (Å²) in [5.41, 5.74) is 0.501. The highest BCUT2D eigenvalue weighted by Gasteiger charge is 2.22. The second-order valence-electron chi connectivity index (χ2n) is 5.14. The molecule has 0 aromatic heterocycles. The second-order valence-corrected chi connectivity index (χ2v) is 8.83. The average molecular weight is 353 g/mol. The van der Waals surface area contributed by atoms with Crippen molar-refractivity contribution in [3.05, 3.63) is 54.1 Å². The molecule has 0 amide bonds. The highest BCUT2D eigenvalue weighted by molar-refractivity contribution is 7.91. The Morgan fingerprint density at radius 3 is 2.17 bits per heavy atom. The van der Waals surface area contributed by atoms with Crippen molar-refractivity contribution in [1.82, 2.24) is 4.72 Å². The molecule has 0 atom stereocenters. The highest BCUT2D eigenvalue weighted by Crippen LogP contribution is 2.25. The van der Waals surface area contributed by atoms with Crippen molar-refractivity contribution in [1.29, 1.82) is 0 Å². The van der Waals surface area contributed by atoms with Crippen LogP contribution >= 0.6 is 0 Å². The fourth-order valence-electron chi connectivity index (χ4n) is 2.09. The van der Waals surface area contributed by atoms with Gasteiger partial charge in [-0.25, -0.2) is 21.6 Å². The summed E-state index contributed by atoms with van der Waals surface area (Å²) in [5, 5.41) is 0. The molecule has 0 aliphatic heterocycles. The van der Waals surface area contributed by atoms with Crippen molar-refractivity contribution in [3.63, 3.8) is 0 Å². The predicted molar refractivity (Wildman–Crippen MR) is 88.6 cm³/mol. The molecule has 23 heavy (non-hydrogen) atoms. The summed E-state index contributed by atoms with van der Waals surface area (Å²) in [4.78, 5) is 0.0860. The molecule has 0 unspecified atom stereocenters. The van der Waals surface area contributed by atoms with Crippen LogP contribution in [0.25, 0.3) is 0 Å². The summed E-state index contributed by atoms with van der Waals surface area (Å²) >= 11 is 0. The van der Waals surface area contributed by atoms with Crippen LogP contribution in [0, 0.1) is 6.92 Å². The summed E-state index contributed by atoms with van der Waals surface area (Å²) in [7, 11) is -7.48. The molecule has 2 rings (SSSR count). The lowest BCUT2D eigenvalue weighted by atomic mass is 10.2. The first kappa shape index (κ1) is 17.7. The fraction of sp³-hybridized carbons (Fsp3) is 0.250. The fourth-order valence-corrected chi connectivity index (χ4v) is 4.87. The van der Waals surface area contributed by atoms with E-state index in [-0.39, 0.29) is 14.7 Å². The molecule has 0 bridgehead atoms. The third kappa shape index (κ3) is 3.80. The van der Waals surface area contributed by atoms with Gasteiger partial charge in [0.05, 0.1) is 14.7 Å². The second kappa shape index (κ2) is 6.82. The maximum atomic E-state index is 12.6. The zero-order chi connectivity index (χ0) is 17.1. The predicted octanol–water partition coefficient (Wildman–Crippen LogP) is 2.52. The lowest BCUT2D eigenvalue weighted by molar-refractivity contribution is 0.579. The molecule has 7 heteroatoms. The minimum Gasteiger partial charge on any atom is -0.219 e. The Kier molecular flexibility index (Phi) is 5.23. The smallest absolute Gasteiger partial charge is 0.219 e. The SMILES string of the molecule is CCCNS(=O)(=O)c1cc(S(=O)(=O)c2ccccc2)ccc1C. The largest absolute Gasteiger partial charge is 0.240 e. The Morgan fingerprint density at radius 1 is 0.913 bits per heavy atom. The molecule has 0 fully saturated rings. The van der Waals surface area contributed by atoms with E-state index in [1.807, 2.05) is 6.92 Å². The molecule has 0 heterocycles. The van der Waals surface area contributed by atoms with E-state index in [4.69, 9.17) is 0 Å². The van der Waals surface area contributed by atoms with Crippen LogP contribution in [0.15, 0.2) is 63.2 Å². The lowest BCUT2D eigenvalue weighted by Crippen LogP contribution is -2.25. The van der Waals surface area contributed by atoms with E-state index in [0.717, 1.165) is 0 Å². The molecular weight excluding hydrogens is 334 g/mol.